The molecule has 0 unspecified atom stereocenters. The minimum atomic E-state index is -0.494. The van der Waals surface area contributed by atoms with E-state index in [-0.39, 0.29) is 5.78 Å². The molecule has 0 saturated carbocycles. The van der Waals surface area contributed by atoms with Crippen LogP contribution in [0.2, 0.25) is 0 Å². The Balaban J connectivity index is 1.51. The van der Waals surface area contributed by atoms with E-state index in [1.165, 1.54) is 13.4 Å². The Morgan fingerprint density at radius 3 is 2.10 bits per heavy atom. The number of fused-ring (bicyclic) bond motifs is 1. The zero-order valence-electron chi connectivity index (χ0n) is 22.0. The second kappa shape index (κ2) is 10.9. The van der Waals surface area contributed by atoms with E-state index >= 15 is 0 Å². The van der Waals surface area contributed by atoms with Gasteiger partial charge >= 0.3 is 5.97 Å². The van der Waals surface area contributed by atoms with Gasteiger partial charge in [-0.1, -0.05) is 103 Å². The van der Waals surface area contributed by atoms with Gasteiger partial charge in [-0.05, 0) is 57.6 Å². The smallest absolute Gasteiger partial charge is 0.341 e. The van der Waals surface area contributed by atoms with E-state index in [4.69, 9.17) is 9.15 Å². The predicted octanol–water partition coefficient (Wildman–Crippen LogP) is 8.38. The Kier molecular flexibility index (Phi) is 6.82. The maximum absolute atomic E-state index is 14.2. The number of methoxy groups -OCH3 is 1. The zero-order chi connectivity index (χ0) is 27.5. The number of hydrogen-bond donors (Lipinski definition) is 0. The van der Waals surface area contributed by atoms with Crippen LogP contribution in [0.15, 0.2) is 132 Å². The monoisotopic (exact) mass is 522 g/mol. The van der Waals surface area contributed by atoms with Crippen molar-refractivity contribution in [3.05, 3.63) is 155 Å². The fraction of sp³-hybridized carbons (Fsp3) is 0.0556. The highest BCUT2D eigenvalue weighted by Crippen LogP contribution is 2.35. The van der Waals surface area contributed by atoms with Crippen LogP contribution in [0.25, 0.3) is 33.2 Å². The largest absolute Gasteiger partial charge is 0.465 e. The molecule has 194 valence electrons. The second-order valence-corrected chi connectivity index (χ2v) is 9.63. The second-order valence-electron chi connectivity index (χ2n) is 9.63. The van der Waals surface area contributed by atoms with Gasteiger partial charge in [0, 0.05) is 16.7 Å². The maximum atomic E-state index is 14.2. The highest BCUT2D eigenvalue weighted by atomic mass is 16.5. The van der Waals surface area contributed by atoms with Crippen LogP contribution in [0.4, 0.5) is 0 Å². The van der Waals surface area contributed by atoms with Crippen molar-refractivity contribution in [3.63, 3.8) is 0 Å². The fourth-order valence-corrected chi connectivity index (χ4v) is 5.18. The molecule has 1 aromatic heterocycles. The Bertz CT molecular complexity index is 1810. The molecular formula is C36H26O4. The molecule has 0 atom stereocenters. The van der Waals surface area contributed by atoms with E-state index in [0.29, 0.717) is 34.4 Å². The fourth-order valence-electron chi connectivity index (χ4n) is 5.18. The van der Waals surface area contributed by atoms with Gasteiger partial charge in [0.05, 0.1) is 13.4 Å². The van der Waals surface area contributed by atoms with Crippen molar-refractivity contribution in [1.29, 1.82) is 0 Å². The molecule has 0 bridgehead atoms. The Morgan fingerprint density at radius 2 is 1.38 bits per heavy atom. The summed E-state index contributed by atoms with van der Waals surface area (Å²) in [4.78, 5) is 26.6. The van der Waals surface area contributed by atoms with E-state index in [2.05, 4.69) is 18.2 Å². The van der Waals surface area contributed by atoms with Gasteiger partial charge in [-0.3, -0.25) is 4.79 Å². The number of carbonyl (C=O) groups excluding carboxylic acids is 2. The summed E-state index contributed by atoms with van der Waals surface area (Å²) in [5.74, 6) is -0.222. The molecule has 5 aromatic carbocycles. The summed E-state index contributed by atoms with van der Waals surface area (Å²) in [6.45, 7) is 0. The van der Waals surface area contributed by atoms with E-state index in [9.17, 15) is 9.59 Å². The minimum absolute atomic E-state index is 0.0989. The summed E-state index contributed by atoms with van der Waals surface area (Å²) in [6, 6.07) is 39.4. The van der Waals surface area contributed by atoms with Gasteiger partial charge in [-0.15, -0.1) is 0 Å². The normalized spacial score (nSPS) is 10.9. The molecule has 0 radical (unpaired) electrons. The predicted molar refractivity (Wildman–Crippen MR) is 158 cm³/mol. The first-order valence-corrected chi connectivity index (χ1v) is 13.1. The molecule has 0 N–H and O–H groups in total. The Labute approximate surface area is 232 Å². The number of ketones is 1. The molecule has 1 heterocycles. The van der Waals surface area contributed by atoms with Gasteiger partial charge < -0.3 is 9.15 Å². The number of hydrogen-bond acceptors (Lipinski definition) is 4. The Morgan fingerprint density at radius 1 is 0.675 bits per heavy atom. The van der Waals surface area contributed by atoms with Gasteiger partial charge in [0.1, 0.15) is 11.3 Å². The summed E-state index contributed by atoms with van der Waals surface area (Å²) in [5.41, 5.74) is 6.42. The van der Waals surface area contributed by atoms with Gasteiger partial charge in [-0.25, -0.2) is 4.79 Å². The van der Waals surface area contributed by atoms with E-state index in [1.807, 2.05) is 97.1 Å². The van der Waals surface area contributed by atoms with Crippen LogP contribution < -0.4 is 0 Å². The third kappa shape index (κ3) is 4.83. The van der Waals surface area contributed by atoms with Crippen LogP contribution >= 0.6 is 0 Å². The lowest BCUT2D eigenvalue weighted by molar-refractivity contribution is 0.0601. The SMILES string of the molecule is COC(=O)c1ccoc1-c1cc(C(=O)c2ccc(-c3ccccc3)cc2)c2c(Cc3ccccc3)cccc2c1. The quantitative estimate of drug-likeness (QED) is 0.156. The lowest BCUT2D eigenvalue weighted by Gasteiger charge is -2.14. The molecule has 0 aliphatic heterocycles. The standard InChI is InChI=1S/C36H26O4/c1-39-36(38)31-19-20-40-35(31)30-22-29-14-8-13-28(21-24-9-4-2-5-10-24)33(29)32(23-30)34(37)27-17-15-26(16-18-27)25-11-6-3-7-12-25/h2-20,22-23H,21H2,1H3. The van der Waals surface area contributed by atoms with Crippen LogP contribution in [0.5, 0.6) is 0 Å². The first-order chi connectivity index (χ1) is 19.6. The molecule has 0 saturated heterocycles. The average Bonchev–Trinajstić information content (AvgIpc) is 3.51. The molecule has 0 fully saturated rings. The van der Waals surface area contributed by atoms with Crippen LogP contribution in [-0.4, -0.2) is 18.9 Å². The highest BCUT2D eigenvalue weighted by Gasteiger charge is 2.22. The topological polar surface area (TPSA) is 56.5 Å². The third-order valence-corrected chi connectivity index (χ3v) is 7.13. The zero-order valence-corrected chi connectivity index (χ0v) is 22.0. The first kappa shape index (κ1) is 25.1. The van der Waals surface area contributed by atoms with Crippen molar-refractivity contribution in [3.8, 4) is 22.5 Å². The Hall–Kier alpha value is -5.22. The highest BCUT2D eigenvalue weighted by molar-refractivity contribution is 6.18. The number of ether oxygens (including phenoxy) is 1. The molecule has 40 heavy (non-hydrogen) atoms. The van der Waals surface area contributed by atoms with E-state index in [0.717, 1.165) is 33.0 Å². The lowest BCUT2D eigenvalue weighted by atomic mass is 9.89. The number of esters is 1. The van der Waals surface area contributed by atoms with Crippen molar-refractivity contribution in [2.24, 2.45) is 0 Å². The number of furan rings is 1. The van der Waals surface area contributed by atoms with Crippen molar-refractivity contribution in [1.82, 2.24) is 0 Å². The molecule has 0 spiro atoms. The van der Waals surface area contributed by atoms with E-state index in [1.54, 1.807) is 6.07 Å². The van der Waals surface area contributed by atoms with Crippen molar-refractivity contribution in [2.75, 3.05) is 7.11 Å². The molecule has 6 aromatic rings. The molecule has 4 heteroatoms. The van der Waals surface area contributed by atoms with Gasteiger partial charge in [-0.2, -0.15) is 0 Å². The number of benzene rings is 5. The summed E-state index contributed by atoms with van der Waals surface area (Å²) < 4.78 is 10.7. The lowest BCUT2D eigenvalue weighted by Crippen LogP contribution is -2.06. The van der Waals surface area contributed by atoms with Crippen LogP contribution in [0, 0.1) is 0 Å². The van der Waals surface area contributed by atoms with Crippen molar-refractivity contribution < 1.29 is 18.7 Å². The molecule has 0 amide bonds. The molecule has 0 aliphatic rings. The molecule has 6 rings (SSSR count). The average molecular weight is 523 g/mol. The number of rotatable bonds is 7. The van der Waals surface area contributed by atoms with Crippen LogP contribution in [-0.2, 0) is 11.2 Å². The van der Waals surface area contributed by atoms with Gasteiger partial charge in [0.2, 0.25) is 0 Å². The summed E-state index contributed by atoms with van der Waals surface area (Å²) in [7, 11) is 1.34. The summed E-state index contributed by atoms with van der Waals surface area (Å²) in [6.07, 6.45) is 2.14. The maximum Gasteiger partial charge on any atom is 0.341 e. The minimum Gasteiger partial charge on any atom is -0.465 e. The van der Waals surface area contributed by atoms with Crippen LogP contribution in [0.1, 0.15) is 37.4 Å². The van der Waals surface area contributed by atoms with Gasteiger partial charge in [0.25, 0.3) is 0 Å². The third-order valence-electron chi connectivity index (χ3n) is 7.13. The van der Waals surface area contributed by atoms with E-state index < -0.39 is 5.97 Å². The number of carbonyl (C=O) groups is 2. The van der Waals surface area contributed by atoms with Crippen LogP contribution in [0.3, 0.4) is 0 Å². The molecule has 4 nitrogen and oxygen atoms in total. The summed E-state index contributed by atoms with van der Waals surface area (Å²) >= 11 is 0. The molecular weight excluding hydrogens is 496 g/mol. The van der Waals surface area contributed by atoms with Crippen molar-refractivity contribution in [2.45, 2.75) is 6.42 Å². The van der Waals surface area contributed by atoms with Crippen molar-refractivity contribution >= 4 is 22.5 Å². The first-order valence-electron chi connectivity index (χ1n) is 13.1. The summed E-state index contributed by atoms with van der Waals surface area (Å²) in [5, 5.41) is 1.78. The van der Waals surface area contributed by atoms with Gasteiger partial charge in [0.15, 0.2) is 5.78 Å². The molecule has 0 aliphatic carbocycles.